The van der Waals surface area contributed by atoms with E-state index in [0.717, 1.165) is 6.42 Å². The predicted molar refractivity (Wildman–Crippen MR) is 70.2 cm³/mol. The second-order valence-corrected chi connectivity index (χ2v) is 4.38. The predicted octanol–water partition coefficient (Wildman–Crippen LogP) is 0.945. The lowest BCUT2D eigenvalue weighted by Gasteiger charge is -2.18. The van der Waals surface area contributed by atoms with Crippen molar-refractivity contribution in [3.63, 3.8) is 0 Å². The molecular weight excluding hydrogens is 240 g/mol. The first-order valence-electron chi connectivity index (χ1n) is 5.53. The van der Waals surface area contributed by atoms with Crippen LogP contribution in [0.25, 0.3) is 0 Å². The van der Waals surface area contributed by atoms with Crippen molar-refractivity contribution >= 4 is 18.3 Å². The van der Waals surface area contributed by atoms with Crippen molar-refractivity contribution in [2.45, 2.75) is 26.3 Å². The second-order valence-electron chi connectivity index (χ2n) is 4.38. The summed E-state index contributed by atoms with van der Waals surface area (Å²) in [5.74, 6) is 0.400. The minimum absolute atomic E-state index is 0. The van der Waals surface area contributed by atoms with E-state index >= 15 is 0 Å². The van der Waals surface area contributed by atoms with Gasteiger partial charge < -0.3 is 11.1 Å². The van der Waals surface area contributed by atoms with Gasteiger partial charge in [0.15, 0.2) is 0 Å². The normalized spacial score (nSPS) is 12.1. The van der Waals surface area contributed by atoms with Gasteiger partial charge >= 0.3 is 0 Å². The SMILES string of the molecule is CC(C)CC(CN)NC(=O)c1ccnn1C.Cl. The van der Waals surface area contributed by atoms with E-state index in [9.17, 15) is 4.79 Å². The third kappa shape index (κ3) is 4.75. The van der Waals surface area contributed by atoms with Crippen molar-refractivity contribution < 1.29 is 4.79 Å². The van der Waals surface area contributed by atoms with E-state index in [2.05, 4.69) is 24.3 Å². The van der Waals surface area contributed by atoms with Crippen molar-refractivity contribution in [1.82, 2.24) is 15.1 Å². The fourth-order valence-electron chi connectivity index (χ4n) is 1.64. The maximum atomic E-state index is 11.8. The van der Waals surface area contributed by atoms with E-state index in [1.165, 1.54) is 0 Å². The number of hydrogen-bond acceptors (Lipinski definition) is 3. The topological polar surface area (TPSA) is 72.9 Å². The van der Waals surface area contributed by atoms with Crippen LogP contribution in [-0.4, -0.2) is 28.3 Å². The van der Waals surface area contributed by atoms with Crippen LogP contribution in [0.15, 0.2) is 12.3 Å². The summed E-state index contributed by atoms with van der Waals surface area (Å²) in [4.78, 5) is 11.8. The van der Waals surface area contributed by atoms with Crippen LogP contribution in [0.1, 0.15) is 30.8 Å². The van der Waals surface area contributed by atoms with Crippen LogP contribution in [0.5, 0.6) is 0 Å². The molecule has 1 heterocycles. The molecule has 1 unspecified atom stereocenters. The van der Waals surface area contributed by atoms with Crippen LogP contribution in [0, 0.1) is 5.92 Å². The Labute approximate surface area is 108 Å². The molecule has 0 saturated heterocycles. The largest absolute Gasteiger partial charge is 0.347 e. The molecule has 0 aliphatic carbocycles. The van der Waals surface area contributed by atoms with Gasteiger partial charge in [-0.3, -0.25) is 9.48 Å². The van der Waals surface area contributed by atoms with Crippen molar-refractivity contribution in [3.8, 4) is 0 Å². The summed E-state index contributed by atoms with van der Waals surface area (Å²) in [5, 5.41) is 6.87. The lowest BCUT2D eigenvalue weighted by molar-refractivity contribution is 0.0924. The zero-order chi connectivity index (χ0) is 12.1. The minimum atomic E-state index is -0.115. The van der Waals surface area contributed by atoms with Crippen LogP contribution in [0.4, 0.5) is 0 Å². The molecule has 0 saturated carbocycles. The summed E-state index contributed by atoms with van der Waals surface area (Å²) in [5.41, 5.74) is 6.18. The Morgan fingerprint density at radius 2 is 2.24 bits per heavy atom. The van der Waals surface area contributed by atoms with Crippen molar-refractivity contribution in [3.05, 3.63) is 18.0 Å². The van der Waals surface area contributed by atoms with E-state index in [4.69, 9.17) is 5.73 Å². The van der Waals surface area contributed by atoms with Gasteiger partial charge in [-0.2, -0.15) is 5.10 Å². The molecule has 0 fully saturated rings. The Kier molecular flexibility index (Phi) is 6.83. The molecule has 1 aromatic rings. The molecule has 0 spiro atoms. The van der Waals surface area contributed by atoms with Crippen molar-refractivity contribution in [1.29, 1.82) is 0 Å². The number of carbonyl (C=O) groups is 1. The molecule has 1 rings (SSSR count). The molecule has 1 aromatic heterocycles. The highest BCUT2D eigenvalue weighted by Gasteiger charge is 2.15. The highest BCUT2D eigenvalue weighted by atomic mass is 35.5. The summed E-state index contributed by atoms with van der Waals surface area (Å²) in [6.07, 6.45) is 2.49. The summed E-state index contributed by atoms with van der Waals surface area (Å²) in [6, 6.07) is 1.72. The molecule has 0 bridgehead atoms. The number of carbonyl (C=O) groups excluding carboxylic acids is 1. The summed E-state index contributed by atoms with van der Waals surface area (Å²) in [6.45, 7) is 4.68. The number of aromatic nitrogens is 2. The van der Waals surface area contributed by atoms with Gasteiger partial charge in [-0.25, -0.2) is 0 Å². The third-order valence-electron chi connectivity index (χ3n) is 2.43. The minimum Gasteiger partial charge on any atom is -0.347 e. The zero-order valence-electron chi connectivity index (χ0n) is 10.5. The molecule has 17 heavy (non-hydrogen) atoms. The lowest BCUT2D eigenvalue weighted by atomic mass is 10.0. The number of nitrogens with zero attached hydrogens (tertiary/aromatic N) is 2. The highest BCUT2D eigenvalue weighted by Crippen LogP contribution is 2.05. The molecule has 5 nitrogen and oxygen atoms in total. The third-order valence-corrected chi connectivity index (χ3v) is 2.43. The number of halogens is 1. The van der Waals surface area contributed by atoms with Crippen molar-refractivity contribution in [2.24, 2.45) is 18.7 Å². The monoisotopic (exact) mass is 260 g/mol. The fourth-order valence-corrected chi connectivity index (χ4v) is 1.64. The molecule has 3 N–H and O–H groups in total. The lowest BCUT2D eigenvalue weighted by Crippen LogP contribution is -2.41. The van der Waals surface area contributed by atoms with Crippen LogP contribution >= 0.6 is 12.4 Å². The van der Waals surface area contributed by atoms with Crippen molar-refractivity contribution in [2.75, 3.05) is 6.54 Å². The first-order valence-corrected chi connectivity index (χ1v) is 5.53. The number of hydrogen-bond donors (Lipinski definition) is 2. The van der Waals surface area contributed by atoms with Gasteiger partial charge in [-0.05, 0) is 18.4 Å². The van der Waals surface area contributed by atoms with Gasteiger partial charge in [0.1, 0.15) is 5.69 Å². The highest BCUT2D eigenvalue weighted by molar-refractivity contribution is 5.92. The first-order chi connectivity index (χ1) is 7.54. The molecule has 0 aliphatic rings. The Morgan fingerprint density at radius 3 is 2.65 bits per heavy atom. The van der Waals surface area contributed by atoms with Crippen LogP contribution < -0.4 is 11.1 Å². The average Bonchev–Trinajstić information content (AvgIpc) is 2.62. The van der Waals surface area contributed by atoms with E-state index in [-0.39, 0.29) is 24.4 Å². The zero-order valence-corrected chi connectivity index (χ0v) is 11.3. The van der Waals surface area contributed by atoms with E-state index in [1.54, 1.807) is 24.0 Å². The molecule has 0 aromatic carbocycles. The molecule has 0 aliphatic heterocycles. The molecule has 1 amide bonds. The molecule has 6 heteroatoms. The van der Waals surface area contributed by atoms with Gasteiger partial charge in [-0.1, -0.05) is 13.8 Å². The standard InChI is InChI=1S/C11H20N4O.ClH/c1-8(2)6-9(7-12)14-11(16)10-4-5-13-15(10)3;/h4-5,8-9H,6-7,12H2,1-3H3,(H,14,16);1H. The van der Waals surface area contributed by atoms with Crippen LogP contribution in [0.3, 0.4) is 0 Å². The number of nitrogens with two attached hydrogens (primary N) is 1. The Hall–Kier alpha value is -1.07. The average molecular weight is 261 g/mol. The summed E-state index contributed by atoms with van der Waals surface area (Å²) < 4.78 is 1.55. The van der Waals surface area contributed by atoms with E-state index < -0.39 is 0 Å². The van der Waals surface area contributed by atoms with E-state index in [1.807, 2.05) is 0 Å². The van der Waals surface area contributed by atoms with Crippen LogP contribution in [0.2, 0.25) is 0 Å². The van der Waals surface area contributed by atoms with Gasteiger partial charge in [0.05, 0.1) is 0 Å². The van der Waals surface area contributed by atoms with Crippen LogP contribution in [-0.2, 0) is 7.05 Å². The summed E-state index contributed by atoms with van der Waals surface area (Å²) >= 11 is 0. The van der Waals surface area contributed by atoms with Gasteiger partial charge in [0.25, 0.3) is 5.91 Å². The molecular formula is C11H21ClN4O. The van der Waals surface area contributed by atoms with Gasteiger partial charge in [-0.15, -0.1) is 12.4 Å². The molecule has 1 atom stereocenters. The number of amides is 1. The smallest absolute Gasteiger partial charge is 0.269 e. The van der Waals surface area contributed by atoms with Gasteiger partial charge in [0, 0.05) is 25.8 Å². The Balaban J connectivity index is 0.00000256. The van der Waals surface area contributed by atoms with Gasteiger partial charge in [0.2, 0.25) is 0 Å². The maximum Gasteiger partial charge on any atom is 0.269 e. The number of nitrogens with one attached hydrogen (secondary N) is 1. The maximum absolute atomic E-state index is 11.8. The molecule has 98 valence electrons. The fraction of sp³-hybridized carbons (Fsp3) is 0.636. The molecule has 0 radical (unpaired) electrons. The Bertz CT molecular complexity index is 351. The second kappa shape index (κ2) is 7.29. The van der Waals surface area contributed by atoms with E-state index in [0.29, 0.717) is 18.2 Å². The quantitative estimate of drug-likeness (QED) is 0.828. The number of aryl methyl sites for hydroxylation is 1. The summed E-state index contributed by atoms with van der Waals surface area (Å²) in [7, 11) is 1.74. The Morgan fingerprint density at radius 1 is 1.59 bits per heavy atom. The first kappa shape index (κ1) is 15.9. The number of rotatable bonds is 5.